The van der Waals surface area contributed by atoms with Crippen LogP contribution in [0.15, 0.2) is 122 Å². The lowest BCUT2D eigenvalue weighted by Gasteiger charge is -2.46. The van der Waals surface area contributed by atoms with Crippen LogP contribution in [0.4, 0.5) is 0 Å². The van der Waals surface area contributed by atoms with E-state index in [1.807, 2.05) is 6.08 Å². The van der Waals surface area contributed by atoms with Crippen LogP contribution in [-0.2, 0) is 23.7 Å². The van der Waals surface area contributed by atoms with Crippen LogP contribution in [0.3, 0.4) is 0 Å². The minimum Gasteiger partial charge on any atom is -0.394 e. The second-order valence-electron chi connectivity index (χ2n) is 20.0. The van der Waals surface area contributed by atoms with Crippen molar-refractivity contribution in [2.45, 2.75) is 248 Å². The molecule has 2 aliphatic rings. The van der Waals surface area contributed by atoms with Crippen LogP contribution in [0.5, 0.6) is 0 Å². The highest BCUT2D eigenvalue weighted by molar-refractivity contribution is 5.76. The third-order valence-electron chi connectivity index (χ3n) is 13.4. The van der Waals surface area contributed by atoms with Crippen LogP contribution in [0.1, 0.15) is 174 Å². The Morgan fingerprint density at radius 2 is 0.909 bits per heavy atom. The average molecular weight is 1080 g/mol. The van der Waals surface area contributed by atoms with Gasteiger partial charge < -0.3 is 65.1 Å². The van der Waals surface area contributed by atoms with Gasteiger partial charge in [-0.15, -0.1) is 0 Å². The maximum atomic E-state index is 13.2. The fraction of sp³-hybridized carbons (Fsp3) is 0.667. The van der Waals surface area contributed by atoms with Crippen molar-refractivity contribution in [3.8, 4) is 0 Å². The number of allylic oxidation sites excluding steroid dienone is 19. The zero-order chi connectivity index (χ0) is 56.0. The lowest BCUT2D eigenvalue weighted by Crippen LogP contribution is -2.65. The number of ether oxygens (including phenoxy) is 4. The van der Waals surface area contributed by atoms with Gasteiger partial charge in [-0.2, -0.15) is 0 Å². The molecule has 438 valence electrons. The molecule has 12 unspecified atom stereocenters. The molecule has 2 aliphatic heterocycles. The Hall–Kier alpha value is -3.61. The van der Waals surface area contributed by atoms with Crippen molar-refractivity contribution in [3.05, 3.63) is 122 Å². The minimum atomic E-state index is -1.80. The molecule has 2 fully saturated rings. The van der Waals surface area contributed by atoms with Crippen LogP contribution < -0.4 is 5.32 Å². The van der Waals surface area contributed by atoms with E-state index in [9.17, 15) is 45.6 Å². The lowest BCUT2D eigenvalue weighted by molar-refractivity contribution is -0.359. The number of nitrogens with one attached hydrogen (secondary N) is 1. The van der Waals surface area contributed by atoms with Crippen molar-refractivity contribution < 1.29 is 64.6 Å². The summed E-state index contributed by atoms with van der Waals surface area (Å²) in [7, 11) is 0. The van der Waals surface area contributed by atoms with Gasteiger partial charge in [-0.1, -0.05) is 193 Å². The third-order valence-corrected chi connectivity index (χ3v) is 13.4. The second-order valence-corrected chi connectivity index (χ2v) is 20.0. The molecule has 0 aromatic rings. The van der Waals surface area contributed by atoms with Crippen molar-refractivity contribution in [1.29, 1.82) is 0 Å². The Bertz CT molecular complexity index is 1750. The molecule has 0 aromatic heterocycles. The number of hydrogen-bond acceptors (Lipinski definition) is 13. The van der Waals surface area contributed by atoms with Crippen LogP contribution in [0.2, 0.25) is 0 Å². The van der Waals surface area contributed by atoms with Crippen molar-refractivity contribution in [3.63, 3.8) is 0 Å². The number of carbonyl (C=O) groups excluding carboxylic acids is 1. The third kappa shape index (κ3) is 32.9. The lowest BCUT2D eigenvalue weighted by atomic mass is 9.97. The second kappa shape index (κ2) is 47.2. The molecule has 0 spiro atoms. The summed E-state index contributed by atoms with van der Waals surface area (Å²) in [6, 6.07) is -0.947. The number of aliphatic hydroxyl groups excluding tert-OH is 8. The summed E-state index contributed by atoms with van der Waals surface area (Å²) in [5.41, 5.74) is 0. The Morgan fingerprint density at radius 1 is 0.481 bits per heavy atom. The first-order chi connectivity index (χ1) is 37.6. The molecule has 12 atom stereocenters. The maximum Gasteiger partial charge on any atom is 0.220 e. The van der Waals surface area contributed by atoms with Gasteiger partial charge in [-0.05, 0) is 96.3 Å². The van der Waals surface area contributed by atoms with E-state index >= 15 is 0 Å². The Kier molecular flexibility index (Phi) is 42.6. The van der Waals surface area contributed by atoms with E-state index in [1.165, 1.54) is 38.5 Å². The highest BCUT2D eigenvalue weighted by atomic mass is 16.7. The molecule has 2 heterocycles. The van der Waals surface area contributed by atoms with Crippen molar-refractivity contribution >= 4 is 5.91 Å². The summed E-state index contributed by atoms with van der Waals surface area (Å²) in [5, 5.41) is 86.9. The molecular weight excluding hydrogens is 979 g/mol. The van der Waals surface area contributed by atoms with Gasteiger partial charge >= 0.3 is 0 Å². The van der Waals surface area contributed by atoms with Gasteiger partial charge in [0.05, 0.1) is 32.0 Å². The Labute approximate surface area is 463 Å². The number of unbranched alkanes of at least 4 members (excludes halogenated alkanes) is 13. The first-order valence-corrected chi connectivity index (χ1v) is 29.3. The molecule has 14 heteroatoms. The molecule has 9 N–H and O–H groups in total. The molecule has 0 saturated carbocycles. The standard InChI is InChI=1S/C63H103NO13/c1-3-5-7-9-11-13-15-17-18-19-20-21-22-23-24-25-26-27-28-29-30-31-32-33-34-35-37-39-41-43-45-47-55(68)64-51(52(67)46-44-42-40-38-36-16-14-12-10-8-6-4-2)50-74-62-60(73)58(71)61(54(49-66)76-62)77-63-59(72)57(70)56(69)53(48-65)75-63/h5,7,11,13,17-18,20-21,23-24,26-27,29-30,32-33,36,38,44,46,51-54,56-63,65-67,69-73H,3-4,6,8-10,12,14-16,19,22,25,28,31,34-35,37,39-43,45,47-50H2,1-2H3,(H,64,68)/b7-5-,13-11-,18-17-,21-20-,24-23-,27-26-,30-29-,33-32-,38-36+,46-44+. The van der Waals surface area contributed by atoms with Gasteiger partial charge in [0.1, 0.15) is 48.8 Å². The zero-order valence-corrected chi connectivity index (χ0v) is 46.9. The molecular formula is C63H103NO13. The molecule has 0 aliphatic carbocycles. The largest absolute Gasteiger partial charge is 0.394 e. The number of amides is 1. The molecule has 0 aromatic carbocycles. The van der Waals surface area contributed by atoms with Crippen molar-refractivity contribution in [1.82, 2.24) is 5.32 Å². The zero-order valence-electron chi connectivity index (χ0n) is 46.9. The molecule has 14 nitrogen and oxygen atoms in total. The maximum absolute atomic E-state index is 13.2. The van der Waals surface area contributed by atoms with Gasteiger partial charge in [-0.3, -0.25) is 4.79 Å². The van der Waals surface area contributed by atoms with Crippen LogP contribution in [0, 0.1) is 0 Å². The Morgan fingerprint density at radius 3 is 1.43 bits per heavy atom. The van der Waals surface area contributed by atoms with E-state index in [0.29, 0.717) is 12.8 Å². The normalized spacial score (nSPS) is 25.6. The highest BCUT2D eigenvalue weighted by Gasteiger charge is 2.51. The predicted octanol–water partition coefficient (Wildman–Crippen LogP) is 9.83. The monoisotopic (exact) mass is 1080 g/mol. The summed E-state index contributed by atoms with van der Waals surface area (Å²) in [6.07, 6.45) is 51.0. The number of rotatable bonds is 44. The SMILES string of the molecule is CC/C=C\C/C=C\C/C=C\C/C=C\C/C=C\C/C=C\C/C=C\C/C=C\CCCCCCCCC(=O)NC(COC1OC(CO)C(OC2OC(CO)C(O)C(O)C2O)C(O)C1O)C(O)/C=C/CC/C=C/CCCCCCCC. The summed E-state index contributed by atoms with van der Waals surface area (Å²) in [4.78, 5) is 13.2. The first kappa shape index (κ1) is 69.5. The topological polar surface area (TPSA) is 228 Å². The molecule has 2 rings (SSSR count). The van der Waals surface area contributed by atoms with Gasteiger partial charge in [-0.25, -0.2) is 0 Å². The number of carbonyl (C=O) groups is 1. The predicted molar refractivity (Wildman–Crippen MR) is 308 cm³/mol. The van der Waals surface area contributed by atoms with Crippen LogP contribution >= 0.6 is 0 Å². The van der Waals surface area contributed by atoms with Crippen LogP contribution in [0.25, 0.3) is 0 Å². The van der Waals surface area contributed by atoms with E-state index in [0.717, 1.165) is 103 Å². The molecule has 77 heavy (non-hydrogen) atoms. The van der Waals surface area contributed by atoms with Gasteiger partial charge in [0, 0.05) is 6.42 Å². The van der Waals surface area contributed by atoms with E-state index in [-0.39, 0.29) is 18.9 Å². The van der Waals surface area contributed by atoms with Gasteiger partial charge in [0.2, 0.25) is 5.91 Å². The van der Waals surface area contributed by atoms with Gasteiger partial charge in [0.25, 0.3) is 0 Å². The highest BCUT2D eigenvalue weighted by Crippen LogP contribution is 2.30. The number of hydrogen-bond donors (Lipinski definition) is 9. The van der Waals surface area contributed by atoms with Crippen LogP contribution in [-0.4, -0.2) is 140 Å². The summed E-state index contributed by atoms with van der Waals surface area (Å²) in [5.74, 6) is -0.272. The van der Waals surface area contributed by atoms with E-state index in [4.69, 9.17) is 18.9 Å². The smallest absolute Gasteiger partial charge is 0.220 e. The summed E-state index contributed by atoms with van der Waals surface area (Å²) >= 11 is 0. The van der Waals surface area contributed by atoms with E-state index in [2.05, 4.69) is 129 Å². The Balaban J connectivity index is 1.73. The van der Waals surface area contributed by atoms with Gasteiger partial charge in [0.15, 0.2) is 12.6 Å². The molecule has 2 saturated heterocycles. The number of aliphatic hydroxyl groups is 8. The summed E-state index contributed by atoms with van der Waals surface area (Å²) < 4.78 is 22.7. The first-order valence-electron chi connectivity index (χ1n) is 29.3. The fourth-order valence-corrected chi connectivity index (χ4v) is 8.67. The van der Waals surface area contributed by atoms with Crippen molar-refractivity contribution in [2.24, 2.45) is 0 Å². The average Bonchev–Trinajstić information content (AvgIpc) is 3.43. The summed E-state index contributed by atoms with van der Waals surface area (Å²) in [6.45, 7) is 2.60. The minimum absolute atomic E-state index is 0.248. The fourth-order valence-electron chi connectivity index (χ4n) is 8.67. The quantitative estimate of drug-likeness (QED) is 0.0205. The van der Waals surface area contributed by atoms with E-state index < -0.39 is 86.8 Å². The molecule has 1 amide bonds. The molecule has 0 radical (unpaired) electrons. The van der Waals surface area contributed by atoms with E-state index in [1.54, 1.807) is 6.08 Å². The molecule has 0 bridgehead atoms. The van der Waals surface area contributed by atoms with Crippen molar-refractivity contribution in [2.75, 3.05) is 19.8 Å².